The zero-order valence-electron chi connectivity index (χ0n) is 12.3. The van der Waals surface area contributed by atoms with Gasteiger partial charge in [0, 0.05) is 10.9 Å². The van der Waals surface area contributed by atoms with Gasteiger partial charge in [-0.1, -0.05) is 18.0 Å². The number of amides is 1. The quantitative estimate of drug-likeness (QED) is 0.860. The molecule has 0 radical (unpaired) electrons. The summed E-state index contributed by atoms with van der Waals surface area (Å²) >= 11 is 5.88. The van der Waals surface area contributed by atoms with Gasteiger partial charge >= 0.3 is 6.18 Å². The number of alkyl halides is 3. The topological polar surface area (TPSA) is 38.3 Å². The third-order valence-corrected chi connectivity index (χ3v) is 4.90. The molecule has 7 heteroatoms. The van der Waals surface area contributed by atoms with Gasteiger partial charge in [0.05, 0.1) is 5.69 Å². The molecule has 2 bridgehead atoms. The molecule has 0 aliphatic heterocycles. The summed E-state index contributed by atoms with van der Waals surface area (Å²) in [5, 5.41) is 3.03. The third-order valence-electron chi connectivity index (χ3n) is 4.67. The van der Waals surface area contributed by atoms with Crippen molar-refractivity contribution in [3.05, 3.63) is 23.2 Å². The van der Waals surface area contributed by atoms with Crippen molar-refractivity contribution in [2.75, 3.05) is 11.9 Å². The van der Waals surface area contributed by atoms with Gasteiger partial charge in [0.1, 0.15) is 5.75 Å². The Bertz CT molecular complexity index is 605. The molecule has 0 spiro atoms. The molecule has 126 valence electrons. The molecule has 2 fully saturated rings. The largest absolute Gasteiger partial charge is 0.482 e. The number of benzene rings is 1. The van der Waals surface area contributed by atoms with E-state index < -0.39 is 12.8 Å². The van der Waals surface area contributed by atoms with Crippen LogP contribution in [0.5, 0.6) is 5.75 Å². The minimum Gasteiger partial charge on any atom is -0.482 e. The molecule has 1 aromatic carbocycles. The number of hydrogen-bond donors (Lipinski definition) is 1. The van der Waals surface area contributed by atoms with Crippen molar-refractivity contribution in [2.24, 2.45) is 17.8 Å². The minimum atomic E-state index is -4.44. The van der Waals surface area contributed by atoms with Gasteiger partial charge in [-0.15, -0.1) is 0 Å². The van der Waals surface area contributed by atoms with E-state index in [1.54, 1.807) is 0 Å². The Morgan fingerprint density at radius 1 is 1.30 bits per heavy atom. The molecule has 23 heavy (non-hydrogen) atoms. The average molecular weight is 348 g/mol. The summed E-state index contributed by atoms with van der Waals surface area (Å²) in [7, 11) is 0. The predicted molar refractivity (Wildman–Crippen MR) is 80.6 cm³/mol. The van der Waals surface area contributed by atoms with E-state index in [0.717, 1.165) is 19.3 Å². The average Bonchev–Trinajstić information content (AvgIpc) is 3.08. The molecule has 1 aromatic rings. The Hall–Kier alpha value is -1.43. The van der Waals surface area contributed by atoms with E-state index in [2.05, 4.69) is 5.32 Å². The molecule has 0 heterocycles. The van der Waals surface area contributed by atoms with Gasteiger partial charge in [0.15, 0.2) is 6.61 Å². The fourth-order valence-corrected chi connectivity index (χ4v) is 3.85. The second-order valence-corrected chi connectivity index (χ2v) is 6.75. The first kappa shape index (κ1) is 16.4. The van der Waals surface area contributed by atoms with Crippen LogP contribution in [0.1, 0.15) is 25.7 Å². The highest BCUT2D eigenvalue weighted by Crippen LogP contribution is 2.48. The number of ether oxygens (including phenoxy) is 1. The lowest BCUT2D eigenvalue weighted by Crippen LogP contribution is -2.27. The number of rotatable bonds is 4. The van der Waals surface area contributed by atoms with E-state index in [1.807, 2.05) is 0 Å². The number of nitrogens with one attached hydrogen (secondary N) is 1. The normalized spacial score (nSPS) is 26.3. The maximum atomic E-state index is 12.4. The Labute approximate surface area is 137 Å². The molecule has 2 saturated carbocycles. The number of anilines is 1. The van der Waals surface area contributed by atoms with Crippen LogP contribution < -0.4 is 10.1 Å². The van der Waals surface area contributed by atoms with E-state index in [-0.39, 0.29) is 23.3 Å². The van der Waals surface area contributed by atoms with Crippen LogP contribution in [0.25, 0.3) is 0 Å². The molecule has 2 aliphatic rings. The first-order chi connectivity index (χ1) is 10.8. The summed E-state index contributed by atoms with van der Waals surface area (Å²) in [6.07, 6.45) is -0.284. The maximum Gasteiger partial charge on any atom is 0.422 e. The number of fused-ring (bicyclic) bond motifs is 2. The lowest BCUT2D eigenvalue weighted by Gasteiger charge is -2.22. The lowest BCUT2D eigenvalue weighted by molar-refractivity contribution is -0.153. The van der Waals surface area contributed by atoms with Crippen molar-refractivity contribution < 1.29 is 22.7 Å². The van der Waals surface area contributed by atoms with Gasteiger partial charge in [0.25, 0.3) is 0 Å². The highest BCUT2D eigenvalue weighted by Gasteiger charge is 2.43. The molecule has 3 unspecified atom stereocenters. The van der Waals surface area contributed by atoms with Gasteiger partial charge in [-0.3, -0.25) is 4.79 Å². The standard InChI is InChI=1S/C16H17ClF3NO2/c17-11-3-4-14(23-8-16(18,19)20)13(7-11)21-15(22)12-6-9-1-2-10(12)5-9/h3-4,7,9-10,12H,1-2,5-6,8H2,(H,21,22). The van der Waals surface area contributed by atoms with Crippen molar-refractivity contribution in [1.82, 2.24) is 0 Å². The van der Waals surface area contributed by atoms with Crippen LogP contribution in [0.4, 0.5) is 18.9 Å². The van der Waals surface area contributed by atoms with Gasteiger partial charge < -0.3 is 10.1 Å². The van der Waals surface area contributed by atoms with Crippen molar-refractivity contribution >= 4 is 23.2 Å². The molecule has 3 rings (SSSR count). The van der Waals surface area contributed by atoms with Crippen LogP contribution in [0.2, 0.25) is 5.02 Å². The molecule has 3 atom stereocenters. The van der Waals surface area contributed by atoms with E-state index in [9.17, 15) is 18.0 Å². The zero-order chi connectivity index (χ0) is 16.6. The second kappa shape index (κ2) is 6.23. The van der Waals surface area contributed by atoms with Crippen molar-refractivity contribution in [3.63, 3.8) is 0 Å². The summed E-state index contributed by atoms with van der Waals surface area (Å²) in [4.78, 5) is 12.4. The molecule has 3 nitrogen and oxygen atoms in total. The highest BCUT2D eigenvalue weighted by molar-refractivity contribution is 6.31. The Morgan fingerprint density at radius 2 is 2.09 bits per heavy atom. The molecule has 0 aromatic heterocycles. The highest BCUT2D eigenvalue weighted by atomic mass is 35.5. The summed E-state index contributed by atoms with van der Waals surface area (Å²) < 4.78 is 41.8. The second-order valence-electron chi connectivity index (χ2n) is 6.31. The van der Waals surface area contributed by atoms with Crippen molar-refractivity contribution in [2.45, 2.75) is 31.9 Å². The van der Waals surface area contributed by atoms with E-state index in [0.29, 0.717) is 16.9 Å². The summed E-state index contributed by atoms with van der Waals surface area (Å²) in [6, 6.07) is 4.18. The monoisotopic (exact) mass is 347 g/mol. The van der Waals surface area contributed by atoms with Crippen LogP contribution in [-0.4, -0.2) is 18.7 Å². The van der Waals surface area contributed by atoms with Crippen molar-refractivity contribution in [1.29, 1.82) is 0 Å². The fraction of sp³-hybridized carbons (Fsp3) is 0.562. The number of carbonyl (C=O) groups is 1. The first-order valence-electron chi connectivity index (χ1n) is 7.62. The molecule has 1 amide bonds. The Balaban J connectivity index is 1.71. The number of halogens is 4. The van der Waals surface area contributed by atoms with Crippen molar-refractivity contribution in [3.8, 4) is 5.75 Å². The van der Waals surface area contributed by atoms with Gasteiger partial charge in [-0.05, 0) is 49.3 Å². The van der Waals surface area contributed by atoms with Crippen LogP contribution in [0.15, 0.2) is 18.2 Å². The van der Waals surface area contributed by atoms with Gasteiger partial charge in [-0.2, -0.15) is 13.2 Å². The Morgan fingerprint density at radius 3 is 2.70 bits per heavy atom. The SMILES string of the molecule is O=C(Nc1cc(Cl)ccc1OCC(F)(F)F)C1CC2CCC1C2. The first-order valence-corrected chi connectivity index (χ1v) is 7.99. The minimum absolute atomic E-state index is 0.0248. The zero-order valence-corrected chi connectivity index (χ0v) is 13.1. The van der Waals surface area contributed by atoms with Crippen LogP contribution in [0, 0.1) is 17.8 Å². The smallest absolute Gasteiger partial charge is 0.422 e. The predicted octanol–water partition coefficient (Wildman–Crippen LogP) is 4.66. The number of carbonyl (C=O) groups excluding carboxylic acids is 1. The maximum absolute atomic E-state index is 12.4. The third kappa shape index (κ3) is 3.91. The Kier molecular flexibility index (Phi) is 4.45. The molecule has 1 N–H and O–H groups in total. The molecular formula is C16H17ClF3NO2. The number of hydrogen-bond acceptors (Lipinski definition) is 2. The molecular weight excluding hydrogens is 331 g/mol. The molecule has 2 aliphatic carbocycles. The summed E-state index contributed by atoms with van der Waals surface area (Å²) in [5.74, 6) is 0.748. The summed E-state index contributed by atoms with van der Waals surface area (Å²) in [5.41, 5.74) is 0.189. The van der Waals surface area contributed by atoms with E-state index in [4.69, 9.17) is 16.3 Å². The summed E-state index contributed by atoms with van der Waals surface area (Å²) in [6.45, 7) is -1.41. The molecule has 0 saturated heterocycles. The van der Waals surface area contributed by atoms with Gasteiger partial charge in [-0.25, -0.2) is 0 Å². The van der Waals surface area contributed by atoms with E-state index >= 15 is 0 Å². The van der Waals surface area contributed by atoms with Gasteiger partial charge in [0.2, 0.25) is 5.91 Å². The lowest BCUT2D eigenvalue weighted by atomic mass is 9.88. The van der Waals surface area contributed by atoms with E-state index in [1.165, 1.54) is 24.6 Å². The fourth-order valence-electron chi connectivity index (χ4n) is 3.68. The van der Waals surface area contributed by atoms with Crippen LogP contribution in [0.3, 0.4) is 0 Å². The van der Waals surface area contributed by atoms with Crippen LogP contribution >= 0.6 is 11.6 Å². The van der Waals surface area contributed by atoms with Crippen LogP contribution in [-0.2, 0) is 4.79 Å².